The van der Waals surface area contributed by atoms with E-state index in [1.54, 1.807) is 7.05 Å². The summed E-state index contributed by atoms with van der Waals surface area (Å²) in [6, 6.07) is -0.421. The minimum atomic E-state index is -0.421. The molecule has 5 nitrogen and oxygen atoms in total. The predicted molar refractivity (Wildman–Crippen MR) is 97.5 cm³/mol. The number of amides is 2. The Morgan fingerprint density at radius 1 is 1.29 bits per heavy atom. The van der Waals surface area contributed by atoms with Crippen molar-refractivity contribution in [1.82, 2.24) is 10.2 Å². The molecule has 0 rings (SSSR count). The molecule has 0 saturated carbocycles. The van der Waals surface area contributed by atoms with E-state index >= 15 is 0 Å². The maximum atomic E-state index is 12.4. The molecule has 2 atom stereocenters. The second kappa shape index (κ2) is 11.0. The fourth-order valence-corrected chi connectivity index (χ4v) is 2.55. The first-order valence-corrected chi connectivity index (χ1v) is 8.83. The molecule has 1 unspecified atom stereocenters. The Morgan fingerprint density at radius 2 is 1.92 bits per heavy atom. The standard InChI is InChI=1S/C19H34N2O3/c1-7-9-10-12-19(5,8-2)18(24)20-13-11-17(23)21(6)16(14-22)15(3)4/h7,9,14-16H,8,10-13H2,1-6H3,(H,20,24)/b9-7+/t16?,19-/m1/s1. The van der Waals surface area contributed by atoms with Crippen molar-refractivity contribution < 1.29 is 14.4 Å². The highest BCUT2D eigenvalue weighted by Crippen LogP contribution is 2.27. The fourth-order valence-electron chi connectivity index (χ4n) is 2.55. The van der Waals surface area contributed by atoms with Gasteiger partial charge in [0.15, 0.2) is 0 Å². The van der Waals surface area contributed by atoms with E-state index in [1.807, 2.05) is 40.7 Å². The average molecular weight is 338 g/mol. The number of allylic oxidation sites excluding steroid dienone is 2. The molecule has 1 N–H and O–H groups in total. The Bertz CT molecular complexity index is 446. The van der Waals surface area contributed by atoms with E-state index in [-0.39, 0.29) is 24.2 Å². The van der Waals surface area contributed by atoms with Crippen molar-refractivity contribution >= 4 is 18.1 Å². The first-order chi connectivity index (χ1) is 11.2. The van der Waals surface area contributed by atoms with Crippen LogP contribution in [0.15, 0.2) is 12.2 Å². The summed E-state index contributed by atoms with van der Waals surface area (Å²) >= 11 is 0. The maximum Gasteiger partial charge on any atom is 0.225 e. The first kappa shape index (κ1) is 22.4. The van der Waals surface area contributed by atoms with Crippen LogP contribution in [0.25, 0.3) is 0 Å². The summed E-state index contributed by atoms with van der Waals surface area (Å²) < 4.78 is 0. The van der Waals surface area contributed by atoms with Gasteiger partial charge in [0.1, 0.15) is 6.29 Å². The minimum Gasteiger partial charge on any atom is -0.355 e. The molecule has 0 aromatic carbocycles. The largest absolute Gasteiger partial charge is 0.355 e. The maximum absolute atomic E-state index is 12.4. The number of carbonyl (C=O) groups excluding carboxylic acids is 3. The third kappa shape index (κ3) is 6.85. The Kier molecular flexibility index (Phi) is 10.2. The SMILES string of the molecule is C/C=C/CC[C@@](C)(CC)C(=O)NCCC(=O)N(C)C(C=O)C(C)C. The smallest absolute Gasteiger partial charge is 0.225 e. The van der Waals surface area contributed by atoms with Crippen LogP contribution >= 0.6 is 0 Å². The number of nitrogens with one attached hydrogen (secondary N) is 1. The summed E-state index contributed by atoms with van der Waals surface area (Å²) in [5.41, 5.74) is -0.419. The van der Waals surface area contributed by atoms with Crippen molar-refractivity contribution in [2.75, 3.05) is 13.6 Å². The number of rotatable bonds is 11. The van der Waals surface area contributed by atoms with Gasteiger partial charge in [-0.15, -0.1) is 0 Å². The lowest BCUT2D eigenvalue weighted by Crippen LogP contribution is -2.44. The van der Waals surface area contributed by atoms with Crippen LogP contribution < -0.4 is 5.32 Å². The molecule has 5 heteroatoms. The molecule has 0 spiro atoms. The van der Waals surface area contributed by atoms with Crippen LogP contribution in [0.4, 0.5) is 0 Å². The van der Waals surface area contributed by atoms with Gasteiger partial charge in [-0.3, -0.25) is 9.59 Å². The third-order valence-electron chi connectivity index (χ3n) is 4.71. The molecule has 0 fully saturated rings. The van der Waals surface area contributed by atoms with Gasteiger partial charge < -0.3 is 15.0 Å². The van der Waals surface area contributed by atoms with Crippen LogP contribution in [0, 0.1) is 11.3 Å². The number of aldehydes is 1. The molecule has 0 aliphatic rings. The van der Waals surface area contributed by atoms with E-state index in [9.17, 15) is 14.4 Å². The minimum absolute atomic E-state index is 0.0132. The lowest BCUT2D eigenvalue weighted by Gasteiger charge is -2.28. The zero-order valence-electron chi connectivity index (χ0n) is 16.1. The zero-order valence-corrected chi connectivity index (χ0v) is 16.1. The van der Waals surface area contributed by atoms with Gasteiger partial charge >= 0.3 is 0 Å². The molecular weight excluding hydrogens is 304 g/mol. The summed E-state index contributed by atoms with van der Waals surface area (Å²) in [5.74, 6) is -0.0741. The van der Waals surface area contributed by atoms with Crippen LogP contribution in [-0.2, 0) is 14.4 Å². The van der Waals surface area contributed by atoms with Crippen LogP contribution in [0.1, 0.15) is 60.3 Å². The molecule has 0 aliphatic heterocycles. The van der Waals surface area contributed by atoms with Gasteiger partial charge in [0.2, 0.25) is 11.8 Å². The zero-order chi connectivity index (χ0) is 18.8. The number of likely N-dealkylation sites (N-methyl/N-ethyl adjacent to an activating group) is 1. The number of hydrogen-bond donors (Lipinski definition) is 1. The molecule has 0 bridgehead atoms. The van der Waals surface area contributed by atoms with Crippen LogP contribution in [0.5, 0.6) is 0 Å². The van der Waals surface area contributed by atoms with E-state index in [0.29, 0.717) is 6.54 Å². The van der Waals surface area contributed by atoms with Crippen molar-refractivity contribution in [3.63, 3.8) is 0 Å². The summed E-state index contributed by atoms with van der Waals surface area (Å²) in [7, 11) is 1.64. The Morgan fingerprint density at radius 3 is 2.38 bits per heavy atom. The van der Waals surface area contributed by atoms with E-state index in [2.05, 4.69) is 11.4 Å². The highest BCUT2D eigenvalue weighted by atomic mass is 16.2. The second-order valence-corrected chi connectivity index (χ2v) is 6.90. The molecule has 0 aromatic rings. The fraction of sp³-hybridized carbons (Fsp3) is 0.737. The molecule has 0 aromatic heterocycles. The molecule has 0 heterocycles. The van der Waals surface area contributed by atoms with Gasteiger partial charge in [0, 0.05) is 25.4 Å². The van der Waals surface area contributed by atoms with Crippen LogP contribution in [-0.4, -0.2) is 42.6 Å². The van der Waals surface area contributed by atoms with Gasteiger partial charge in [-0.2, -0.15) is 0 Å². The Labute approximate surface area is 146 Å². The molecule has 0 saturated heterocycles. The lowest BCUT2D eigenvalue weighted by atomic mass is 9.81. The molecular formula is C19H34N2O3. The molecule has 2 amide bonds. The predicted octanol–water partition coefficient (Wildman–Crippen LogP) is 2.95. The number of nitrogens with zero attached hydrogens (tertiary/aromatic N) is 1. The van der Waals surface area contributed by atoms with E-state index in [0.717, 1.165) is 25.5 Å². The molecule has 0 aliphatic carbocycles. The van der Waals surface area contributed by atoms with Crippen molar-refractivity contribution in [2.45, 2.75) is 66.3 Å². The van der Waals surface area contributed by atoms with E-state index < -0.39 is 11.5 Å². The highest BCUT2D eigenvalue weighted by molar-refractivity contribution is 5.83. The topological polar surface area (TPSA) is 66.5 Å². The molecule has 24 heavy (non-hydrogen) atoms. The van der Waals surface area contributed by atoms with E-state index in [1.165, 1.54) is 4.90 Å². The van der Waals surface area contributed by atoms with Crippen molar-refractivity contribution in [3.8, 4) is 0 Å². The summed E-state index contributed by atoms with van der Waals surface area (Å²) in [6.07, 6.45) is 7.46. The summed E-state index contributed by atoms with van der Waals surface area (Å²) in [6.45, 7) is 10.0. The monoisotopic (exact) mass is 338 g/mol. The number of carbonyl (C=O) groups is 3. The first-order valence-electron chi connectivity index (χ1n) is 8.83. The molecule has 138 valence electrons. The second-order valence-electron chi connectivity index (χ2n) is 6.90. The third-order valence-corrected chi connectivity index (χ3v) is 4.71. The van der Waals surface area contributed by atoms with Gasteiger partial charge in [0.05, 0.1) is 6.04 Å². The summed E-state index contributed by atoms with van der Waals surface area (Å²) in [5, 5.41) is 2.87. The average Bonchev–Trinajstić information content (AvgIpc) is 2.54. The Hall–Kier alpha value is -1.65. The van der Waals surface area contributed by atoms with Crippen molar-refractivity contribution in [3.05, 3.63) is 12.2 Å². The van der Waals surface area contributed by atoms with Gasteiger partial charge in [0.25, 0.3) is 0 Å². The lowest BCUT2D eigenvalue weighted by molar-refractivity contribution is -0.136. The van der Waals surface area contributed by atoms with Gasteiger partial charge in [-0.25, -0.2) is 0 Å². The van der Waals surface area contributed by atoms with E-state index in [4.69, 9.17) is 0 Å². The quantitative estimate of drug-likeness (QED) is 0.465. The highest BCUT2D eigenvalue weighted by Gasteiger charge is 2.30. The van der Waals surface area contributed by atoms with Crippen molar-refractivity contribution in [1.29, 1.82) is 0 Å². The van der Waals surface area contributed by atoms with Crippen LogP contribution in [0.2, 0.25) is 0 Å². The van der Waals surface area contributed by atoms with Gasteiger partial charge in [-0.05, 0) is 32.1 Å². The van der Waals surface area contributed by atoms with Crippen molar-refractivity contribution in [2.24, 2.45) is 11.3 Å². The van der Waals surface area contributed by atoms with Gasteiger partial charge in [-0.1, -0.05) is 39.8 Å². The summed E-state index contributed by atoms with van der Waals surface area (Å²) in [4.78, 5) is 37.2. The number of hydrogen-bond acceptors (Lipinski definition) is 3. The molecule has 0 radical (unpaired) electrons. The van der Waals surface area contributed by atoms with Crippen LogP contribution in [0.3, 0.4) is 0 Å². The Balaban J connectivity index is 4.49. The normalized spacial score (nSPS) is 15.1.